The molecule has 0 aliphatic heterocycles. The lowest BCUT2D eigenvalue weighted by Gasteiger charge is -2.59. The topological polar surface area (TPSA) is 60.4 Å². The number of hydrogen-bond donors (Lipinski definition) is 0. The van der Waals surface area contributed by atoms with Crippen molar-refractivity contribution in [3.05, 3.63) is 11.6 Å². The third kappa shape index (κ3) is 2.56. The molecule has 26 heavy (non-hydrogen) atoms. The summed E-state index contributed by atoms with van der Waals surface area (Å²) in [6.07, 6.45) is 11.0. The van der Waals surface area contributed by atoms with Crippen molar-refractivity contribution in [3.8, 4) is 0 Å². The van der Waals surface area contributed by atoms with E-state index in [-0.39, 0.29) is 10.8 Å². The highest BCUT2D eigenvalue weighted by Crippen LogP contribution is 2.68. The monoisotopic (exact) mass is 380 g/mol. The Morgan fingerprint density at radius 2 is 1.69 bits per heavy atom. The Hall–Kier alpha value is -0.680. The molecule has 0 radical (unpaired) electrons. The quantitative estimate of drug-likeness (QED) is 0.672. The molecular formula is C21H32O4S. The van der Waals surface area contributed by atoms with E-state index in [2.05, 4.69) is 13.8 Å². The third-order valence-electron chi connectivity index (χ3n) is 8.83. The van der Waals surface area contributed by atoms with Crippen LogP contribution >= 0.6 is 0 Å². The van der Waals surface area contributed by atoms with Crippen LogP contribution in [0.3, 0.4) is 0 Å². The van der Waals surface area contributed by atoms with Crippen molar-refractivity contribution >= 4 is 15.9 Å². The SMILES string of the molecule is C[C@]12CCC(=O)C=C1CC[C@@H]1[C@@H]2CC[C@@]2(C)[C@H]1CC[C@]2(C)OS(C)(=O)=O. The Balaban J connectivity index is 1.66. The van der Waals surface area contributed by atoms with Gasteiger partial charge < -0.3 is 0 Å². The molecule has 146 valence electrons. The van der Waals surface area contributed by atoms with Crippen molar-refractivity contribution in [3.63, 3.8) is 0 Å². The van der Waals surface area contributed by atoms with Crippen LogP contribution in [-0.4, -0.2) is 26.1 Å². The summed E-state index contributed by atoms with van der Waals surface area (Å²) in [7, 11) is -3.47. The normalized spacial score (nSPS) is 48.4. The summed E-state index contributed by atoms with van der Waals surface area (Å²) in [4.78, 5) is 11.9. The standard InChI is InChI=1S/C21H32O4S/c1-19-10-7-15(22)13-14(19)5-6-16-17(19)8-11-20(2)18(16)9-12-21(20,3)25-26(4,23)24/h13,16-18H,5-12H2,1-4H3/t16-,17+,18+,19+,20+,21+/m1/s1. The minimum Gasteiger partial charge on any atom is -0.295 e. The molecule has 0 spiro atoms. The lowest BCUT2D eigenvalue weighted by Crippen LogP contribution is -2.55. The molecule has 0 bridgehead atoms. The summed E-state index contributed by atoms with van der Waals surface area (Å²) in [5.41, 5.74) is 0.871. The Kier molecular flexibility index (Phi) is 4.07. The first-order valence-electron chi connectivity index (χ1n) is 10.1. The number of carbonyl (C=O) groups is 1. The van der Waals surface area contributed by atoms with Crippen LogP contribution in [0.4, 0.5) is 0 Å². The van der Waals surface area contributed by atoms with Crippen molar-refractivity contribution in [1.82, 2.24) is 0 Å². The Labute approximate surface area is 157 Å². The molecule has 0 saturated heterocycles. The average Bonchev–Trinajstić information content (AvgIpc) is 2.77. The van der Waals surface area contributed by atoms with E-state index >= 15 is 0 Å². The summed E-state index contributed by atoms with van der Waals surface area (Å²) in [5.74, 6) is 2.05. The van der Waals surface area contributed by atoms with Crippen LogP contribution in [-0.2, 0) is 19.1 Å². The fraction of sp³-hybridized carbons (Fsp3) is 0.857. The number of hydrogen-bond acceptors (Lipinski definition) is 4. The number of fused-ring (bicyclic) bond motifs is 5. The smallest absolute Gasteiger partial charge is 0.264 e. The summed E-state index contributed by atoms with van der Waals surface area (Å²) < 4.78 is 29.5. The zero-order chi connectivity index (χ0) is 19.0. The van der Waals surface area contributed by atoms with Crippen molar-refractivity contribution < 1.29 is 17.4 Å². The fourth-order valence-electron chi connectivity index (χ4n) is 7.26. The highest BCUT2D eigenvalue weighted by molar-refractivity contribution is 7.86. The highest BCUT2D eigenvalue weighted by atomic mass is 32.2. The van der Waals surface area contributed by atoms with Gasteiger partial charge in [-0.15, -0.1) is 0 Å². The maximum atomic E-state index is 11.9. The molecule has 5 heteroatoms. The molecule has 0 aromatic heterocycles. The van der Waals surface area contributed by atoms with E-state index in [9.17, 15) is 13.2 Å². The van der Waals surface area contributed by atoms with Crippen molar-refractivity contribution in [1.29, 1.82) is 0 Å². The summed E-state index contributed by atoms with van der Waals surface area (Å²) in [6, 6.07) is 0. The molecule has 3 fully saturated rings. The van der Waals surface area contributed by atoms with Gasteiger partial charge in [0.2, 0.25) is 0 Å². The molecule has 3 saturated carbocycles. The van der Waals surface area contributed by atoms with E-state index in [0.29, 0.717) is 30.0 Å². The second-order valence-corrected chi connectivity index (χ2v) is 11.6. The largest absolute Gasteiger partial charge is 0.295 e. The van der Waals surface area contributed by atoms with Crippen LogP contribution < -0.4 is 0 Å². The maximum absolute atomic E-state index is 11.9. The highest BCUT2D eigenvalue weighted by Gasteiger charge is 2.64. The molecule has 4 nitrogen and oxygen atoms in total. The van der Waals surface area contributed by atoms with Crippen molar-refractivity contribution in [2.75, 3.05) is 6.26 Å². The lowest BCUT2D eigenvalue weighted by atomic mass is 9.46. The zero-order valence-corrected chi connectivity index (χ0v) is 17.3. The Bertz CT molecular complexity index is 769. The van der Waals surface area contributed by atoms with Gasteiger partial charge in [0, 0.05) is 11.8 Å². The summed E-state index contributed by atoms with van der Waals surface area (Å²) in [5, 5.41) is 0. The van der Waals surface area contributed by atoms with Crippen molar-refractivity contribution in [2.45, 2.75) is 77.7 Å². The van der Waals surface area contributed by atoms with Gasteiger partial charge in [0.15, 0.2) is 5.78 Å². The molecule has 0 aromatic rings. The van der Waals surface area contributed by atoms with E-state index in [0.717, 1.165) is 44.9 Å². The number of allylic oxidation sites excluding steroid dienone is 1. The van der Waals surface area contributed by atoms with Gasteiger partial charge in [0.1, 0.15) is 0 Å². The van der Waals surface area contributed by atoms with Crippen molar-refractivity contribution in [2.24, 2.45) is 28.6 Å². The van der Waals surface area contributed by atoms with Gasteiger partial charge in [-0.25, -0.2) is 0 Å². The predicted octanol–water partition coefficient (Wildman–Crippen LogP) is 4.25. The number of rotatable bonds is 2. The van der Waals surface area contributed by atoms with E-state index < -0.39 is 15.7 Å². The first-order chi connectivity index (χ1) is 12.0. The van der Waals surface area contributed by atoms with Gasteiger partial charge in [-0.3, -0.25) is 8.98 Å². The van der Waals surface area contributed by atoms with Crippen LogP contribution in [0.1, 0.15) is 72.1 Å². The number of carbonyl (C=O) groups excluding carboxylic acids is 1. The molecule has 0 N–H and O–H groups in total. The fourth-order valence-corrected chi connectivity index (χ4v) is 8.20. The minimum atomic E-state index is -3.47. The lowest BCUT2D eigenvalue weighted by molar-refractivity contribution is -0.119. The molecule has 0 unspecified atom stereocenters. The van der Waals surface area contributed by atoms with E-state index in [4.69, 9.17) is 4.18 Å². The second-order valence-electron chi connectivity index (χ2n) is 9.98. The molecule has 4 rings (SSSR count). The first kappa shape index (κ1) is 18.7. The molecular weight excluding hydrogens is 348 g/mol. The van der Waals surface area contributed by atoms with Gasteiger partial charge in [0.05, 0.1) is 11.9 Å². The van der Waals surface area contributed by atoms with Crippen LogP contribution in [0.2, 0.25) is 0 Å². The molecule has 0 amide bonds. The van der Waals surface area contributed by atoms with Crippen LogP contribution in [0.25, 0.3) is 0 Å². The van der Waals surface area contributed by atoms with Gasteiger partial charge in [-0.1, -0.05) is 19.4 Å². The predicted molar refractivity (Wildman–Crippen MR) is 101 cm³/mol. The minimum absolute atomic E-state index is 0.0840. The van der Waals surface area contributed by atoms with Crippen LogP contribution in [0.15, 0.2) is 11.6 Å². The Morgan fingerprint density at radius 1 is 1.00 bits per heavy atom. The number of ketones is 1. The van der Waals surface area contributed by atoms with E-state index in [1.165, 1.54) is 11.8 Å². The maximum Gasteiger partial charge on any atom is 0.264 e. The molecule has 0 aromatic carbocycles. The van der Waals surface area contributed by atoms with Gasteiger partial charge in [-0.2, -0.15) is 8.42 Å². The van der Waals surface area contributed by atoms with Crippen LogP contribution in [0, 0.1) is 28.6 Å². The molecule has 6 atom stereocenters. The zero-order valence-electron chi connectivity index (χ0n) is 16.5. The van der Waals surface area contributed by atoms with Crippen LogP contribution in [0.5, 0.6) is 0 Å². The molecule has 0 heterocycles. The third-order valence-corrected chi connectivity index (χ3v) is 9.50. The van der Waals surface area contributed by atoms with Gasteiger partial charge in [0.25, 0.3) is 10.1 Å². The summed E-state index contributed by atoms with van der Waals surface area (Å²) in [6.45, 7) is 6.67. The second kappa shape index (κ2) is 5.66. The molecule has 4 aliphatic carbocycles. The summed E-state index contributed by atoms with van der Waals surface area (Å²) >= 11 is 0. The Morgan fingerprint density at radius 3 is 2.38 bits per heavy atom. The first-order valence-corrected chi connectivity index (χ1v) is 11.9. The average molecular weight is 381 g/mol. The molecule has 4 aliphatic rings. The van der Waals surface area contributed by atoms with Gasteiger partial charge >= 0.3 is 0 Å². The van der Waals surface area contributed by atoms with E-state index in [1.807, 2.05) is 13.0 Å². The van der Waals surface area contributed by atoms with E-state index in [1.54, 1.807) is 0 Å². The van der Waals surface area contributed by atoms with Gasteiger partial charge in [-0.05, 0) is 81.1 Å².